The van der Waals surface area contributed by atoms with Crippen LogP contribution in [0.25, 0.3) is 11.4 Å². The topological polar surface area (TPSA) is 77.7 Å². The van der Waals surface area contributed by atoms with Gasteiger partial charge < -0.3 is 18.9 Å². The summed E-state index contributed by atoms with van der Waals surface area (Å²) in [4.78, 5) is 19.1. The van der Waals surface area contributed by atoms with Crippen molar-refractivity contribution >= 4 is 5.91 Å². The van der Waals surface area contributed by atoms with Crippen molar-refractivity contribution in [2.45, 2.75) is 33.4 Å². The van der Waals surface area contributed by atoms with Crippen molar-refractivity contribution in [2.75, 3.05) is 13.7 Å². The second kappa shape index (κ2) is 9.23. The van der Waals surface area contributed by atoms with Crippen LogP contribution in [0.15, 0.2) is 53.1 Å². The number of amides is 1. The van der Waals surface area contributed by atoms with Crippen LogP contribution in [0, 0.1) is 0 Å². The third kappa shape index (κ3) is 4.93. The van der Waals surface area contributed by atoms with E-state index in [9.17, 15) is 4.79 Å². The smallest absolute Gasteiger partial charge is 0.254 e. The summed E-state index contributed by atoms with van der Waals surface area (Å²) < 4.78 is 16.0. The van der Waals surface area contributed by atoms with Crippen molar-refractivity contribution in [3.8, 4) is 22.9 Å². The molecule has 0 N–H and O–H groups in total. The third-order valence-electron chi connectivity index (χ3n) is 4.42. The van der Waals surface area contributed by atoms with Gasteiger partial charge in [0.1, 0.15) is 18.0 Å². The van der Waals surface area contributed by atoms with Gasteiger partial charge in [0, 0.05) is 17.2 Å². The predicted octanol–water partition coefficient (Wildman–Crippen LogP) is 4.19. The Kier molecular flexibility index (Phi) is 6.49. The Balaban J connectivity index is 1.75. The highest BCUT2D eigenvalue weighted by molar-refractivity contribution is 5.94. The molecule has 7 nitrogen and oxygen atoms in total. The molecule has 0 aliphatic heterocycles. The minimum atomic E-state index is -0.104. The zero-order valence-corrected chi connectivity index (χ0v) is 17.1. The number of methoxy groups -OCH3 is 1. The Labute approximate surface area is 170 Å². The molecule has 0 atom stereocenters. The summed E-state index contributed by atoms with van der Waals surface area (Å²) in [7, 11) is 1.61. The van der Waals surface area contributed by atoms with Gasteiger partial charge in [-0.25, -0.2) is 0 Å². The van der Waals surface area contributed by atoms with Gasteiger partial charge in [0.15, 0.2) is 0 Å². The first kappa shape index (κ1) is 20.4. The van der Waals surface area contributed by atoms with Crippen molar-refractivity contribution < 1.29 is 18.8 Å². The van der Waals surface area contributed by atoms with Crippen LogP contribution in [0.2, 0.25) is 0 Å². The lowest BCUT2D eigenvalue weighted by Crippen LogP contribution is -2.36. The van der Waals surface area contributed by atoms with Gasteiger partial charge in [0.05, 0.1) is 13.7 Å². The molecule has 1 heterocycles. The summed E-state index contributed by atoms with van der Waals surface area (Å²) in [5.41, 5.74) is 1.40. The Morgan fingerprint density at radius 1 is 1.07 bits per heavy atom. The van der Waals surface area contributed by atoms with Crippen LogP contribution >= 0.6 is 0 Å². The molecular formula is C22H25N3O4. The number of carbonyl (C=O) groups excluding carboxylic acids is 1. The standard InChI is InChI=1S/C22H25N3O4/c1-5-28-19-12-8-17(9-13-19)22(26)25(15(2)3)14-20-23-21(24-29-20)16-6-10-18(27-4)11-7-16/h6-13,15H,5,14H2,1-4H3. The monoisotopic (exact) mass is 395 g/mol. The number of hydrogen-bond acceptors (Lipinski definition) is 6. The molecule has 0 radical (unpaired) electrons. The molecule has 152 valence electrons. The number of aromatic nitrogens is 2. The molecule has 7 heteroatoms. The minimum Gasteiger partial charge on any atom is -0.497 e. The van der Waals surface area contributed by atoms with Crippen LogP contribution in [0.5, 0.6) is 11.5 Å². The van der Waals surface area contributed by atoms with E-state index in [0.717, 1.165) is 17.1 Å². The van der Waals surface area contributed by atoms with Gasteiger partial charge in [-0.2, -0.15) is 4.98 Å². The van der Waals surface area contributed by atoms with Crippen molar-refractivity contribution in [1.29, 1.82) is 0 Å². The second-order valence-electron chi connectivity index (χ2n) is 6.72. The zero-order chi connectivity index (χ0) is 20.8. The van der Waals surface area contributed by atoms with Gasteiger partial charge in [-0.05, 0) is 69.3 Å². The largest absolute Gasteiger partial charge is 0.497 e. The van der Waals surface area contributed by atoms with Crippen molar-refractivity contribution in [3.05, 3.63) is 60.0 Å². The van der Waals surface area contributed by atoms with E-state index in [4.69, 9.17) is 14.0 Å². The minimum absolute atomic E-state index is 0.0367. The zero-order valence-electron chi connectivity index (χ0n) is 17.1. The van der Waals surface area contributed by atoms with E-state index >= 15 is 0 Å². The van der Waals surface area contributed by atoms with Crippen molar-refractivity contribution in [2.24, 2.45) is 0 Å². The van der Waals surface area contributed by atoms with Crippen LogP contribution in [-0.2, 0) is 6.54 Å². The fourth-order valence-corrected chi connectivity index (χ4v) is 2.84. The SMILES string of the molecule is CCOc1ccc(C(=O)N(Cc2nc(-c3ccc(OC)cc3)no2)C(C)C)cc1. The highest BCUT2D eigenvalue weighted by atomic mass is 16.5. The van der Waals surface area contributed by atoms with E-state index in [2.05, 4.69) is 10.1 Å². The number of hydrogen-bond donors (Lipinski definition) is 0. The Bertz CT molecular complexity index is 933. The van der Waals surface area contributed by atoms with Crippen molar-refractivity contribution in [1.82, 2.24) is 15.0 Å². The highest BCUT2D eigenvalue weighted by Crippen LogP contribution is 2.21. The molecule has 1 amide bonds. The first-order valence-electron chi connectivity index (χ1n) is 9.52. The first-order valence-corrected chi connectivity index (χ1v) is 9.52. The van der Waals surface area contributed by atoms with Gasteiger partial charge >= 0.3 is 0 Å². The maximum atomic E-state index is 13.0. The molecule has 3 aromatic rings. The van der Waals surface area contributed by atoms with Gasteiger partial charge in [0.2, 0.25) is 11.7 Å². The summed E-state index contributed by atoms with van der Waals surface area (Å²) in [5.74, 6) is 2.24. The van der Waals surface area contributed by atoms with Gasteiger partial charge in [-0.1, -0.05) is 5.16 Å². The van der Waals surface area contributed by atoms with Crippen LogP contribution in [0.1, 0.15) is 37.0 Å². The van der Waals surface area contributed by atoms with Crippen LogP contribution < -0.4 is 9.47 Å². The number of rotatable bonds is 8. The molecule has 2 aromatic carbocycles. The Morgan fingerprint density at radius 3 is 2.31 bits per heavy atom. The maximum absolute atomic E-state index is 13.0. The number of nitrogens with zero attached hydrogens (tertiary/aromatic N) is 3. The summed E-state index contributed by atoms with van der Waals surface area (Å²) in [6, 6.07) is 14.5. The molecule has 29 heavy (non-hydrogen) atoms. The molecule has 0 aliphatic carbocycles. The van der Waals surface area contributed by atoms with Crippen LogP contribution in [0.3, 0.4) is 0 Å². The van der Waals surface area contributed by atoms with Crippen molar-refractivity contribution in [3.63, 3.8) is 0 Å². The van der Waals surface area contributed by atoms with Gasteiger partial charge in [-0.15, -0.1) is 0 Å². The lowest BCUT2D eigenvalue weighted by atomic mass is 10.1. The molecule has 0 fully saturated rings. The summed E-state index contributed by atoms with van der Waals surface area (Å²) in [6.45, 7) is 6.64. The number of benzene rings is 2. The number of carbonyl (C=O) groups is 1. The van der Waals surface area contributed by atoms with Gasteiger partial charge in [0.25, 0.3) is 5.91 Å². The fourth-order valence-electron chi connectivity index (χ4n) is 2.84. The molecule has 0 unspecified atom stereocenters. The Morgan fingerprint density at radius 2 is 1.72 bits per heavy atom. The summed E-state index contributed by atoms with van der Waals surface area (Å²) in [5, 5.41) is 4.04. The van der Waals surface area contributed by atoms with Gasteiger partial charge in [-0.3, -0.25) is 4.79 Å². The second-order valence-corrected chi connectivity index (χ2v) is 6.72. The van der Waals surface area contributed by atoms with E-state index in [1.807, 2.05) is 45.0 Å². The molecule has 0 saturated carbocycles. The third-order valence-corrected chi connectivity index (χ3v) is 4.42. The normalized spacial score (nSPS) is 10.8. The summed E-state index contributed by atoms with van der Waals surface area (Å²) in [6.07, 6.45) is 0. The molecule has 0 saturated heterocycles. The van der Waals surface area contributed by atoms with Crippen LogP contribution in [0.4, 0.5) is 0 Å². The number of ether oxygens (including phenoxy) is 2. The molecule has 1 aromatic heterocycles. The predicted molar refractivity (Wildman–Crippen MR) is 109 cm³/mol. The first-order chi connectivity index (χ1) is 14.0. The molecular weight excluding hydrogens is 370 g/mol. The summed E-state index contributed by atoms with van der Waals surface area (Å²) >= 11 is 0. The van der Waals surface area contributed by atoms with E-state index in [-0.39, 0.29) is 18.5 Å². The average Bonchev–Trinajstić information content (AvgIpc) is 3.21. The molecule has 3 rings (SSSR count). The lowest BCUT2D eigenvalue weighted by Gasteiger charge is -2.25. The molecule has 0 aliphatic rings. The van der Waals surface area contributed by atoms with Crippen LogP contribution in [-0.4, -0.2) is 40.7 Å². The van der Waals surface area contributed by atoms with E-state index in [0.29, 0.717) is 23.9 Å². The maximum Gasteiger partial charge on any atom is 0.254 e. The lowest BCUT2D eigenvalue weighted by molar-refractivity contribution is 0.0667. The highest BCUT2D eigenvalue weighted by Gasteiger charge is 2.22. The van der Waals surface area contributed by atoms with E-state index in [1.165, 1.54) is 0 Å². The quantitative estimate of drug-likeness (QED) is 0.569. The Hall–Kier alpha value is -3.35. The molecule has 0 spiro atoms. The van der Waals surface area contributed by atoms with E-state index < -0.39 is 0 Å². The molecule has 0 bridgehead atoms. The average molecular weight is 395 g/mol. The van der Waals surface area contributed by atoms with E-state index in [1.54, 1.807) is 36.3 Å². The fraction of sp³-hybridized carbons (Fsp3) is 0.318.